The van der Waals surface area contributed by atoms with Gasteiger partial charge in [0.1, 0.15) is 0 Å². The molecule has 0 aromatic heterocycles. The molecule has 12 heavy (non-hydrogen) atoms. The zero-order chi connectivity index (χ0) is 9.14. The van der Waals surface area contributed by atoms with Crippen LogP contribution in [0.3, 0.4) is 0 Å². The van der Waals surface area contributed by atoms with Crippen molar-refractivity contribution in [3.05, 3.63) is 42.0 Å². The number of carbonyl (C=O) groups is 1. The van der Waals surface area contributed by atoms with Crippen molar-refractivity contribution in [3.8, 4) is 0 Å². The molecule has 0 fully saturated rings. The number of carboxylic acids is 1. The molecule has 0 aliphatic heterocycles. The van der Waals surface area contributed by atoms with Crippen LogP contribution < -0.4 is 0 Å². The maximum atomic E-state index is 10.5. The highest BCUT2D eigenvalue weighted by Gasteiger charge is 2.05. The Labute approximate surface area is 71.2 Å². The van der Waals surface area contributed by atoms with Crippen molar-refractivity contribution in [3.63, 3.8) is 0 Å². The Hall–Kier alpha value is -1.57. The Morgan fingerprint density at radius 2 is 2.17 bits per heavy atom. The van der Waals surface area contributed by atoms with Crippen molar-refractivity contribution in [1.29, 1.82) is 0 Å². The summed E-state index contributed by atoms with van der Waals surface area (Å²) in [6.45, 7) is 5.38. The monoisotopic (exact) mass is 162 g/mol. The van der Waals surface area contributed by atoms with Crippen LogP contribution in [0.25, 0.3) is 5.57 Å². The van der Waals surface area contributed by atoms with Crippen LogP contribution in [-0.4, -0.2) is 11.1 Å². The van der Waals surface area contributed by atoms with E-state index in [-0.39, 0.29) is 5.57 Å². The third-order valence-electron chi connectivity index (χ3n) is 1.62. The van der Waals surface area contributed by atoms with Gasteiger partial charge in [-0.2, -0.15) is 0 Å². The Balaban J connectivity index is 3.04. The predicted molar refractivity (Wildman–Crippen MR) is 47.8 cm³/mol. The molecule has 1 rings (SSSR count). The van der Waals surface area contributed by atoms with Crippen molar-refractivity contribution in [1.82, 2.24) is 0 Å². The smallest absolute Gasteiger partial charge is 0.335 e. The largest absolute Gasteiger partial charge is 0.478 e. The van der Waals surface area contributed by atoms with Gasteiger partial charge in [-0.05, 0) is 12.5 Å². The van der Waals surface area contributed by atoms with Crippen molar-refractivity contribution in [2.45, 2.75) is 6.92 Å². The summed E-state index contributed by atoms with van der Waals surface area (Å²) in [5, 5.41) is 8.63. The molecule has 0 saturated carbocycles. The van der Waals surface area contributed by atoms with E-state index in [9.17, 15) is 4.79 Å². The summed E-state index contributed by atoms with van der Waals surface area (Å²) in [4.78, 5) is 10.5. The number of carboxylic acid groups (broad SMARTS) is 1. The summed E-state index contributed by atoms with van der Waals surface area (Å²) in [6.07, 6.45) is 0. The molecule has 1 aromatic carbocycles. The highest BCUT2D eigenvalue weighted by atomic mass is 16.4. The van der Waals surface area contributed by atoms with Crippen molar-refractivity contribution >= 4 is 11.5 Å². The molecule has 0 aliphatic carbocycles. The highest BCUT2D eigenvalue weighted by molar-refractivity contribution is 6.14. The summed E-state index contributed by atoms with van der Waals surface area (Å²) < 4.78 is 0. The molecule has 62 valence electrons. The van der Waals surface area contributed by atoms with Gasteiger partial charge in [0.2, 0.25) is 0 Å². The Bertz CT molecular complexity index is 326. The third kappa shape index (κ3) is 1.72. The molecule has 0 bridgehead atoms. The predicted octanol–water partition coefficient (Wildman–Crippen LogP) is 2.09. The van der Waals surface area contributed by atoms with Gasteiger partial charge in [0.05, 0.1) is 5.57 Å². The lowest BCUT2D eigenvalue weighted by atomic mass is 10.1. The van der Waals surface area contributed by atoms with E-state index in [1.165, 1.54) is 0 Å². The quantitative estimate of drug-likeness (QED) is 0.676. The first-order valence-corrected chi connectivity index (χ1v) is 3.60. The fourth-order valence-electron chi connectivity index (χ4n) is 0.956. The van der Waals surface area contributed by atoms with Crippen molar-refractivity contribution in [2.75, 3.05) is 0 Å². The van der Waals surface area contributed by atoms with Crippen LogP contribution in [0.15, 0.2) is 30.8 Å². The molecule has 0 atom stereocenters. The van der Waals surface area contributed by atoms with E-state index in [0.717, 1.165) is 5.56 Å². The standard InChI is InChI=1S/C10H10O2/c1-7-4-3-5-9(6-7)8(2)10(11)12/h3-6H,2H2,1H3,(H,11,12). The topological polar surface area (TPSA) is 37.3 Å². The van der Waals surface area contributed by atoms with Crippen molar-refractivity contribution < 1.29 is 9.90 Å². The van der Waals surface area contributed by atoms with Crippen LogP contribution in [0, 0.1) is 6.92 Å². The highest BCUT2D eigenvalue weighted by Crippen LogP contribution is 2.13. The average molecular weight is 162 g/mol. The molecular formula is C10H10O2. The lowest BCUT2D eigenvalue weighted by molar-refractivity contribution is -0.130. The fourth-order valence-corrected chi connectivity index (χ4v) is 0.956. The van der Waals surface area contributed by atoms with Crippen LogP contribution in [0.5, 0.6) is 0 Å². The van der Waals surface area contributed by atoms with E-state index in [1.54, 1.807) is 12.1 Å². The lowest BCUT2D eigenvalue weighted by Crippen LogP contribution is -1.97. The van der Waals surface area contributed by atoms with Gasteiger partial charge in [-0.15, -0.1) is 0 Å². The van der Waals surface area contributed by atoms with Crippen LogP contribution in [0.4, 0.5) is 0 Å². The maximum absolute atomic E-state index is 10.5. The lowest BCUT2D eigenvalue weighted by Gasteiger charge is -2.00. The van der Waals surface area contributed by atoms with E-state index < -0.39 is 5.97 Å². The minimum absolute atomic E-state index is 0.138. The van der Waals surface area contributed by atoms with Gasteiger partial charge in [-0.1, -0.05) is 36.4 Å². The summed E-state index contributed by atoms with van der Waals surface area (Å²) in [7, 11) is 0. The molecule has 0 saturated heterocycles. The second-order valence-electron chi connectivity index (χ2n) is 2.65. The summed E-state index contributed by atoms with van der Waals surface area (Å²) in [5.74, 6) is -0.972. The molecule has 2 nitrogen and oxygen atoms in total. The van der Waals surface area contributed by atoms with Gasteiger partial charge in [0, 0.05) is 0 Å². The number of aryl methyl sites for hydroxylation is 1. The minimum Gasteiger partial charge on any atom is -0.478 e. The van der Waals surface area contributed by atoms with Gasteiger partial charge in [0.15, 0.2) is 0 Å². The Morgan fingerprint density at radius 1 is 1.50 bits per heavy atom. The number of benzene rings is 1. The van der Waals surface area contributed by atoms with Crippen molar-refractivity contribution in [2.24, 2.45) is 0 Å². The summed E-state index contributed by atoms with van der Waals surface area (Å²) in [5.41, 5.74) is 1.84. The molecule has 1 N–H and O–H groups in total. The van der Waals surface area contributed by atoms with Crippen LogP contribution >= 0.6 is 0 Å². The normalized spacial score (nSPS) is 9.42. The summed E-state index contributed by atoms with van der Waals surface area (Å²) >= 11 is 0. The first-order valence-electron chi connectivity index (χ1n) is 3.60. The number of hydrogen-bond acceptors (Lipinski definition) is 1. The zero-order valence-electron chi connectivity index (χ0n) is 6.87. The molecule has 0 unspecified atom stereocenters. The third-order valence-corrected chi connectivity index (χ3v) is 1.62. The molecule has 0 spiro atoms. The van der Waals surface area contributed by atoms with E-state index in [0.29, 0.717) is 5.56 Å². The zero-order valence-corrected chi connectivity index (χ0v) is 6.87. The van der Waals surface area contributed by atoms with Gasteiger partial charge >= 0.3 is 5.97 Å². The molecular weight excluding hydrogens is 152 g/mol. The summed E-state index contributed by atoms with van der Waals surface area (Å²) in [6, 6.07) is 7.28. The second-order valence-corrected chi connectivity index (χ2v) is 2.65. The molecule has 1 aromatic rings. The Morgan fingerprint density at radius 3 is 2.67 bits per heavy atom. The van der Waals surface area contributed by atoms with Crippen LogP contribution in [0.1, 0.15) is 11.1 Å². The minimum atomic E-state index is -0.972. The van der Waals surface area contributed by atoms with E-state index in [2.05, 4.69) is 6.58 Å². The average Bonchev–Trinajstić information content (AvgIpc) is 2.03. The number of rotatable bonds is 2. The fraction of sp³-hybridized carbons (Fsp3) is 0.100. The van der Waals surface area contributed by atoms with Gasteiger partial charge in [-0.3, -0.25) is 0 Å². The van der Waals surface area contributed by atoms with E-state index in [4.69, 9.17) is 5.11 Å². The molecule has 2 heteroatoms. The van der Waals surface area contributed by atoms with E-state index >= 15 is 0 Å². The maximum Gasteiger partial charge on any atom is 0.335 e. The molecule has 0 aliphatic rings. The second kappa shape index (κ2) is 3.22. The molecule has 0 radical (unpaired) electrons. The van der Waals surface area contributed by atoms with Crippen LogP contribution in [-0.2, 0) is 4.79 Å². The van der Waals surface area contributed by atoms with Gasteiger partial charge < -0.3 is 5.11 Å². The van der Waals surface area contributed by atoms with Crippen LogP contribution in [0.2, 0.25) is 0 Å². The van der Waals surface area contributed by atoms with E-state index in [1.807, 2.05) is 19.1 Å². The van der Waals surface area contributed by atoms with Gasteiger partial charge in [-0.25, -0.2) is 4.79 Å². The first kappa shape index (κ1) is 8.53. The molecule has 0 heterocycles. The van der Waals surface area contributed by atoms with Gasteiger partial charge in [0.25, 0.3) is 0 Å². The first-order chi connectivity index (χ1) is 5.61. The number of aliphatic carboxylic acids is 1. The number of hydrogen-bond donors (Lipinski definition) is 1. The molecule has 0 amide bonds. The Kier molecular flexibility index (Phi) is 2.29. The SMILES string of the molecule is C=C(C(=O)O)c1cccc(C)c1.